The number of allylic oxidation sites excluding steroid dienone is 20. The Kier molecular flexibility index (Phi) is 30.4. The van der Waals surface area contributed by atoms with Crippen LogP contribution in [0.1, 0.15) is 134 Å². The van der Waals surface area contributed by atoms with Crippen molar-refractivity contribution in [3.05, 3.63) is 130 Å². The molecule has 0 heterocycles. The molecule has 4 unspecified atom stereocenters. The second-order valence-corrected chi connectivity index (χ2v) is 19.0. The summed E-state index contributed by atoms with van der Waals surface area (Å²) in [6.45, 7) is 22.2. The van der Waals surface area contributed by atoms with E-state index in [0.717, 1.165) is 65.5 Å². The third-order valence-electron chi connectivity index (χ3n) is 11.4. The average Bonchev–Trinajstić information content (AvgIpc) is 3.20. The highest BCUT2D eigenvalue weighted by Gasteiger charge is 2.42. The van der Waals surface area contributed by atoms with Crippen LogP contribution in [0.25, 0.3) is 0 Å². The van der Waals surface area contributed by atoms with Crippen molar-refractivity contribution >= 4 is 46.7 Å². The van der Waals surface area contributed by atoms with E-state index < -0.39 is 29.6 Å². The molecule has 0 bridgehead atoms. The molecule has 2 aliphatic rings. The standard InChI is InChI=1S/C53H73Cl2NO6.ClH.2H3N/c1-12-13-14-28-45(56)51(60)62-47-35-53(10,11)43(41(7)49(47)58)32-30-39(5)26-20-24-37(3)22-16-15-21-36(2)23-19-25-38(4)29-31-42-40(6)48(57)46(34-52(42,8)9)61-50(59)44(55)27-17-18-33-54;;;/h15-16,19-26,29-32,44-47H,12-14,17-18,27-28,33-35,56H2,1-11H3;1H;2*1H3/b16-15+,23-19+,24-20+,31-29+,32-30+,36-21+,37-22+,38-25+,39-26+;;;. The van der Waals surface area contributed by atoms with Crippen molar-refractivity contribution in [1.82, 2.24) is 12.3 Å². The van der Waals surface area contributed by atoms with Gasteiger partial charge in [0.1, 0.15) is 5.38 Å². The summed E-state index contributed by atoms with van der Waals surface area (Å²) >= 11 is 12.0. The Morgan fingerprint density at radius 3 is 1.46 bits per heavy atom. The zero-order valence-electron chi connectivity index (χ0n) is 41.2. The molecular formula is C53H80Cl3N3O6. The zero-order valence-corrected chi connectivity index (χ0v) is 43.4. The lowest BCUT2D eigenvalue weighted by Gasteiger charge is -2.36. The Labute approximate surface area is 407 Å². The summed E-state index contributed by atoms with van der Waals surface area (Å²) < 4.78 is 11.3. The smallest absolute Gasteiger partial charge is 0.365 e. The van der Waals surface area contributed by atoms with Gasteiger partial charge in [0.2, 0.25) is 0 Å². The maximum absolute atomic E-state index is 13.2. The van der Waals surface area contributed by atoms with Gasteiger partial charge in [-0.2, -0.15) is 0 Å². The van der Waals surface area contributed by atoms with Crippen molar-refractivity contribution < 1.29 is 46.8 Å². The van der Waals surface area contributed by atoms with Crippen molar-refractivity contribution in [2.24, 2.45) is 10.8 Å². The van der Waals surface area contributed by atoms with Gasteiger partial charge in [0.05, 0.1) is 0 Å². The summed E-state index contributed by atoms with van der Waals surface area (Å²) in [5.41, 5.74) is 10.6. The average molecular weight is 962 g/mol. The lowest BCUT2D eigenvalue weighted by molar-refractivity contribution is -0.410. The number of unbranched alkanes of at least 4 members (excludes halogenated alkanes) is 3. The number of esters is 2. The number of hydrogen-bond donors (Lipinski definition) is 3. The minimum atomic E-state index is -0.842. The highest BCUT2D eigenvalue weighted by atomic mass is 35.5. The Morgan fingerprint density at radius 2 is 1.05 bits per heavy atom. The Bertz CT molecular complexity index is 1820. The highest BCUT2D eigenvalue weighted by Crippen LogP contribution is 2.42. The molecule has 0 saturated carbocycles. The van der Waals surface area contributed by atoms with Crippen LogP contribution in [0.4, 0.5) is 0 Å². The molecule has 364 valence electrons. The van der Waals surface area contributed by atoms with E-state index in [-0.39, 0.29) is 53.1 Å². The molecule has 0 aromatic carbocycles. The monoisotopic (exact) mass is 960 g/mol. The van der Waals surface area contributed by atoms with E-state index in [0.29, 0.717) is 42.7 Å². The molecule has 2 rings (SSSR count). The van der Waals surface area contributed by atoms with Gasteiger partial charge >= 0.3 is 11.9 Å². The molecule has 0 saturated heterocycles. The van der Waals surface area contributed by atoms with Crippen LogP contribution in [0.15, 0.2) is 130 Å². The maximum atomic E-state index is 13.2. The van der Waals surface area contributed by atoms with Gasteiger partial charge in [-0.3, -0.25) is 14.4 Å². The van der Waals surface area contributed by atoms with Crippen molar-refractivity contribution in [1.29, 1.82) is 0 Å². The van der Waals surface area contributed by atoms with Gasteiger partial charge < -0.3 is 39.9 Å². The van der Waals surface area contributed by atoms with Crippen LogP contribution in [0.3, 0.4) is 0 Å². The van der Waals surface area contributed by atoms with Gasteiger partial charge in [0.15, 0.2) is 29.8 Å². The van der Waals surface area contributed by atoms with Crippen LogP contribution in [0, 0.1) is 10.8 Å². The van der Waals surface area contributed by atoms with E-state index in [9.17, 15) is 19.2 Å². The minimum absolute atomic E-state index is 0. The van der Waals surface area contributed by atoms with E-state index in [1.807, 2.05) is 120 Å². The summed E-state index contributed by atoms with van der Waals surface area (Å²) in [5.74, 6) is -0.737. The molecule has 0 aromatic rings. The van der Waals surface area contributed by atoms with Gasteiger partial charge in [-0.05, 0) is 93.9 Å². The first-order valence-electron chi connectivity index (χ1n) is 22.2. The molecule has 9 N–H and O–H groups in total. The topological polar surface area (TPSA) is 184 Å². The van der Waals surface area contributed by atoms with Gasteiger partial charge in [-0.15, -0.1) is 23.2 Å². The molecule has 0 aromatic heterocycles. The van der Waals surface area contributed by atoms with E-state index in [2.05, 4.69) is 40.4 Å². The van der Waals surface area contributed by atoms with E-state index in [1.54, 1.807) is 6.92 Å². The van der Waals surface area contributed by atoms with E-state index >= 15 is 0 Å². The van der Waals surface area contributed by atoms with Crippen molar-refractivity contribution in [3.63, 3.8) is 0 Å². The largest absolute Gasteiger partial charge is 1.00 e. The van der Waals surface area contributed by atoms with Crippen molar-refractivity contribution in [2.75, 3.05) is 5.88 Å². The number of ketones is 2. The van der Waals surface area contributed by atoms with Crippen LogP contribution in [0.2, 0.25) is 0 Å². The van der Waals surface area contributed by atoms with Gasteiger partial charge in [-0.25, -0.2) is 4.79 Å². The molecule has 12 heteroatoms. The van der Waals surface area contributed by atoms with Gasteiger partial charge in [0, 0.05) is 25.1 Å². The first kappa shape index (κ1) is 63.3. The third-order valence-corrected chi connectivity index (χ3v) is 12.0. The number of carbonyl (C=O) groups is 4. The Hall–Kier alpha value is -3.83. The third kappa shape index (κ3) is 21.6. The number of Topliss-reactive ketones (excluding diaryl/α,β-unsaturated/α-hetero) is 2. The molecule has 0 spiro atoms. The Balaban J connectivity index is 0. The fourth-order valence-electron chi connectivity index (χ4n) is 7.50. The molecule has 0 aliphatic heterocycles. The lowest BCUT2D eigenvalue weighted by Crippen LogP contribution is -3.00. The first-order valence-corrected chi connectivity index (χ1v) is 23.1. The molecule has 9 nitrogen and oxygen atoms in total. The molecule has 0 radical (unpaired) electrons. The predicted octanol–water partition coefficient (Wildman–Crippen LogP) is 9.54. The molecule has 0 amide bonds. The second kappa shape index (κ2) is 31.2. The number of alkyl halides is 2. The molecule has 65 heavy (non-hydrogen) atoms. The molecular weight excluding hydrogens is 881 g/mol. The van der Waals surface area contributed by atoms with Crippen molar-refractivity contribution in [2.45, 2.75) is 158 Å². The number of quaternary nitrogens is 1. The van der Waals surface area contributed by atoms with Gasteiger partial charge in [0.25, 0.3) is 0 Å². The predicted molar refractivity (Wildman–Crippen MR) is 268 cm³/mol. The lowest BCUT2D eigenvalue weighted by atomic mass is 9.71. The van der Waals surface area contributed by atoms with E-state index in [1.165, 1.54) is 0 Å². The Morgan fingerprint density at radius 1 is 0.662 bits per heavy atom. The molecule has 4 atom stereocenters. The van der Waals surface area contributed by atoms with Crippen LogP contribution < -0.4 is 30.4 Å². The number of ether oxygens (including phenoxy) is 2. The van der Waals surface area contributed by atoms with Crippen LogP contribution in [-0.4, -0.2) is 53.0 Å². The summed E-state index contributed by atoms with van der Waals surface area (Å²) in [6, 6.07) is -0.456. The van der Waals surface area contributed by atoms with E-state index in [4.69, 9.17) is 32.7 Å². The zero-order chi connectivity index (χ0) is 46.6. The number of carbonyl (C=O) groups excluding carboxylic acids is 4. The second-order valence-electron chi connectivity index (χ2n) is 18.1. The SMILES string of the molecule is CCCCCC([NH3+])C(=O)OC1CC(C)(C)C(/C=C/C(C)=C/C=C/C(C)=C/C=C/C=C(C)/C=C/C=C(C)/C=C/C2=C(C)C(=O)C(OC(=O)C(Cl)CCCCCl)CC2(C)C)=C(C)C1=O.N.N.[Cl-]. The fraction of sp³-hybridized carbons (Fsp3) is 0.509. The quantitative estimate of drug-likeness (QED) is 0.0415. The maximum Gasteiger partial charge on any atom is 0.365 e. The van der Waals surface area contributed by atoms with Gasteiger partial charge in [-0.1, -0.05) is 161 Å². The normalized spacial score (nSPS) is 20.7. The summed E-state index contributed by atoms with van der Waals surface area (Å²) in [5, 5.41) is -0.790. The van der Waals surface area contributed by atoms with Crippen LogP contribution in [0.5, 0.6) is 0 Å². The number of rotatable bonds is 22. The first-order chi connectivity index (χ1) is 29.1. The van der Waals surface area contributed by atoms with Crippen molar-refractivity contribution in [3.8, 4) is 0 Å². The fourth-order valence-corrected chi connectivity index (χ4v) is 7.90. The molecule has 0 fully saturated rings. The highest BCUT2D eigenvalue weighted by molar-refractivity contribution is 6.30. The summed E-state index contributed by atoms with van der Waals surface area (Å²) in [7, 11) is 0. The van der Waals surface area contributed by atoms with Crippen LogP contribution >= 0.6 is 23.2 Å². The molecule has 2 aliphatic carbocycles. The summed E-state index contributed by atoms with van der Waals surface area (Å²) in [6.07, 6.45) is 33.2. The summed E-state index contributed by atoms with van der Waals surface area (Å²) in [4.78, 5) is 51.7. The van der Waals surface area contributed by atoms with Crippen LogP contribution in [-0.2, 0) is 28.7 Å². The number of halogens is 3. The minimum Gasteiger partial charge on any atom is -1.00 e. The number of hydrogen-bond acceptors (Lipinski definition) is 8.